The number of halogens is 1. The van der Waals surface area contributed by atoms with Crippen molar-refractivity contribution in [3.05, 3.63) is 23.8 Å². The molecular weight excluding hydrogens is 388 g/mol. The molecule has 1 amide bonds. The smallest absolute Gasteiger partial charge is 0.262 e. The van der Waals surface area contributed by atoms with E-state index in [2.05, 4.69) is 4.99 Å². The predicted molar refractivity (Wildman–Crippen MR) is 95.1 cm³/mol. The third-order valence-electron chi connectivity index (χ3n) is 4.30. The lowest BCUT2D eigenvalue weighted by molar-refractivity contribution is -0.115. The fraction of sp³-hybridized carbons (Fsp3) is 0.467. The Balaban J connectivity index is 1.63. The van der Waals surface area contributed by atoms with E-state index in [1.165, 1.54) is 11.8 Å². The molecule has 0 aromatic heterocycles. The average Bonchev–Trinajstić information content (AvgIpc) is 3.21. The Kier molecular flexibility index (Phi) is 4.33. The van der Waals surface area contributed by atoms with Gasteiger partial charge in [-0.25, -0.2) is 8.42 Å². The number of nitrogens with zero attached hydrogens (tertiary/aromatic N) is 2. The number of sulfone groups is 1. The van der Waals surface area contributed by atoms with Crippen molar-refractivity contribution in [2.75, 3.05) is 24.2 Å². The number of amidine groups is 1. The van der Waals surface area contributed by atoms with E-state index in [9.17, 15) is 13.2 Å². The molecule has 2 saturated heterocycles. The number of hydrogen-bond acceptors (Lipinski definition) is 6. The number of rotatable bonds is 3. The first kappa shape index (κ1) is 17.0. The van der Waals surface area contributed by atoms with Crippen molar-refractivity contribution in [2.45, 2.75) is 17.8 Å². The maximum absolute atomic E-state index is 12.0. The van der Waals surface area contributed by atoms with Gasteiger partial charge in [0, 0.05) is 11.8 Å². The van der Waals surface area contributed by atoms with Crippen LogP contribution in [0.2, 0.25) is 0 Å². The van der Waals surface area contributed by atoms with Gasteiger partial charge in [-0.3, -0.25) is 4.79 Å². The largest absolute Gasteiger partial charge is 0.454 e. The molecule has 3 heterocycles. The highest BCUT2D eigenvalue weighted by Gasteiger charge is 2.48. The van der Waals surface area contributed by atoms with Gasteiger partial charge in [0.05, 0.1) is 17.5 Å². The molecule has 4 rings (SSSR count). The van der Waals surface area contributed by atoms with Gasteiger partial charge in [0.1, 0.15) is 5.88 Å². The zero-order valence-corrected chi connectivity index (χ0v) is 15.4. The normalized spacial score (nSPS) is 27.7. The zero-order chi connectivity index (χ0) is 17.6. The summed E-state index contributed by atoms with van der Waals surface area (Å²) >= 11 is 6.90. The maximum Gasteiger partial charge on any atom is 0.262 e. The highest BCUT2D eigenvalue weighted by Crippen LogP contribution is 2.40. The summed E-state index contributed by atoms with van der Waals surface area (Å²) in [5.41, 5.74) is 0.931. The third kappa shape index (κ3) is 3.32. The molecule has 2 atom stereocenters. The van der Waals surface area contributed by atoms with Gasteiger partial charge in [-0.1, -0.05) is 17.8 Å². The first-order valence-electron chi connectivity index (χ1n) is 7.65. The van der Waals surface area contributed by atoms with Crippen LogP contribution in [0.1, 0.15) is 5.56 Å². The molecule has 3 aliphatic heterocycles. The highest BCUT2D eigenvalue weighted by molar-refractivity contribution is 8.15. The monoisotopic (exact) mass is 402 g/mol. The van der Waals surface area contributed by atoms with E-state index in [1.807, 2.05) is 23.1 Å². The van der Waals surface area contributed by atoms with Crippen molar-refractivity contribution < 1.29 is 22.7 Å². The molecule has 0 aliphatic carbocycles. The van der Waals surface area contributed by atoms with E-state index < -0.39 is 15.7 Å². The van der Waals surface area contributed by atoms with Crippen molar-refractivity contribution >= 4 is 44.3 Å². The SMILES string of the molecule is O=C(CCl)N=C1SC2CS(=O)(=O)CC2N1Cc1ccc2c(c1)OCO2. The lowest BCUT2D eigenvalue weighted by Crippen LogP contribution is -2.37. The van der Waals surface area contributed by atoms with E-state index in [4.69, 9.17) is 21.1 Å². The number of ether oxygens (including phenoxy) is 2. The predicted octanol–water partition coefficient (Wildman–Crippen LogP) is 1.25. The summed E-state index contributed by atoms with van der Waals surface area (Å²) in [4.78, 5) is 17.6. The third-order valence-corrected chi connectivity index (χ3v) is 7.78. The van der Waals surface area contributed by atoms with E-state index in [0.29, 0.717) is 23.2 Å². The number of aliphatic imine (C=N–C) groups is 1. The second kappa shape index (κ2) is 6.37. The number of thioether (sulfide) groups is 1. The van der Waals surface area contributed by atoms with Crippen LogP contribution in [0.25, 0.3) is 0 Å². The summed E-state index contributed by atoms with van der Waals surface area (Å²) in [6.45, 7) is 0.632. The van der Waals surface area contributed by atoms with Crippen LogP contribution in [0, 0.1) is 0 Å². The van der Waals surface area contributed by atoms with Gasteiger partial charge in [-0.15, -0.1) is 11.6 Å². The Hall–Kier alpha value is -1.45. The van der Waals surface area contributed by atoms with Crippen LogP contribution >= 0.6 is 23.4 Å². The standard InChI is InChI=1S/C15H15ClN2O5S2/c16-4-14(19)17-15-18(10-6-25(20,21)7-13(10)24-15)5-9-1-2-11-12(3-9)23-8-22-11/h1-3,10,13H,4-8H2. The number of amides is 1. The summed E-state index contributed by atoms with van der Waals surface area (Å²) in [6.07, 6.45) is 0. The van der Waals surface area contributed by atoms with Crippen LogP contribution in [0.4, 0.5) is 0 Å². The summed E-state index contributed by atoms with van der Waals surface area (Å²) in [7, 11) is -3.07. The van der Waals surface area contributed by atoms with E-state index in [-0.39, 0.29) is 35.5 Å². The van der Waals surface area contributed by atoms with Crippen molar-refractivity contribution in [1.29, 1.82) is 0 Å². The summed E-state index contributed by atoms with van der Waals surface area (Å²) in [6, 6.07) is 5.40. The van der Waals surface area contributed by atoms with Gasteiger partial charge in [-0.05, 0) is 17.7 Å². The highest BCUT2D eigenvalue weighted by atomic mass is 35.5. The molecule has 0 radical (unpaired) electrons. The van der Waals surface area contributed by atoms with Gasteiger partial charge in [-0.2, -0.15) is 4.99 Å². The molecule has 0 spiro atoms. The van der Waals surface area contributed by atoms with Crippen LogP contribution in [0.5, 0.6) is 11.5 Å². The fourth-order valence-electron chi connectivity index (χ4n) is 3.19. The molecule has 0 N–H and O–H groups in total. The molecule has 25 heavy (non-hydrogen) atoms. The Bertz CT molecular complexity index is 857. The number of fused-ring (bicyclic) bond motifs is 2. The summed E-state index contributed by atoms with van der Waals surface area (Å²) in [5, 5.41) is 0.425. The van der Waals surface area contributed by atoms with Crippen molar-refractivity contribution in [3.8, 4) is 11.5 Å². The molecule has 1 aromatic carbocycles. The van der Waals surface area contributed by atoms with Gasteiger partial charge in [0.25, 0.3) is 5.91 Å². The van der Waals surface area contributed by atoms with E-state index in [1.54, 1.807) is 0 Å². The van der Waals surface area contributed by atoms with Crippen LogP contribution in [-0.2, 0) is 21.2 Å². The van der Waals surface area contributed by atoms with E-state index >= 15 is 0 Å². The van der Waals surface area contributed by atoms with Crippen LogP contribution < -0.4 is 9.47 Å². The number of alkyl halides is 1. The maximum atomic E-state index is 12.0. The second-order valence-electron chi connectivity index (χ2n) is 6.04. The van der Waals surface area contributed by atoms with Gasteiger partial charge in [0.2, 0.25) is 6.79 Å². The quantitative estimate of drug-likeness (QED) is 0.703. The van der Waals surface area contributed by atoms with Gasteiger partial charge >= 0.3 is 0 Å². The topological polar surface area (TPSA) is 85.3 Å². The Morgan fingerprint density at radius 2 is 2.12 bits per heavy atom. The number of carbonyl (C=O) groups is 1. The number of benzene rings is 1. The molecule has 3 aliphatic rings. The summed E-state index contributed by atoms with van der Waals surface area (Å²) < 4.78 is 34.6. The Labute approximate surface area is 154 Å². The minimum Gasteiger partial charge on any atom is -0.454 e. The number of hydrogen-bond donors (Lipinski definition) is 0. The van der Waals surface area contributed by atoms with Crippen molar-refractivity contribution in [2.24, 2.45) is 4.99 Å². The van der Waals surface area contributed by atoms with Gasteiger partial charge in [0.15, 0.2) is 26.5 Å². The zero-order valence-electron chi connectivity index (χ0n) is 13.1. The molecule has 1 aromatic rings. The molecule has 0 saturated carbocycles. The molecule has 2 fully saturated rings. The van der Waals surface area contributed by atoms with Crippen LogP contribution in [0.15, 0.2) is 23.2 Å². The molecule has 7 nitrogen and oxygen atoms in total. The minimum atomic E-state index is -3.07. The molecule has 10 heteroatoms. The second-order valence-corrected chi connectivity index (χ2v) is 9.67. The Morgan fingerprint density at radius 3 is 2.92 bits per heavy atom. The molecule has 134 valence electrons. The van der Waals surface area contributed by atoms with Crippen molar-refractivity contribution in [1.82, 2.24) is 4.90 Å². The Morgan fingerprint density at radius 1 is 1.32 bits per heavy atom. The lowest BCUT2D eigenvalue weighted by atomic mass is 10.1. The molecule has 2 unspecified atom stereocenters. The fourth-order valence-corrected chi connectivity index (χ4v) is 7.22. The lowest BCUT2D eigenvalue weighted by Gasteiger charge is -2.24. The minimum absolute atomic E-state index is 0.0727. The molecular formula is C15H15ClN2O5S2. The average molecular weight is 403 g/mol. The molecule has 0 bridgehead atoms. The van der Waals surface area contributed by atoms with E-state index in [0.717, 1.165) is 5.56 Å². The van der Waals surface area contributed by atoms with Gasteiger partial charge < -0.3 is 14.4 Å². The van der Waals surface area contributed by atoms with Crippen LogP contribution in [-0.4, -0.2) is 59.9 Å². The first-order valence-corrected chi connectivity index (χ1v) is 10.9. The first-order chi connectivity index (χ1) is 11.9. The number of carbonyl (C=O) groups excluding carboxylic acids is 1. The van der Waals surface area contributed by atoms with Crippen LogP contribution in [0.3, 0.4) is 0 Å². The summed E-state index contributed by atoms with van der Waals surface area (Å²) in [5.74, 6) is 0.900. The van der Waals surface area contributed by atoms with Crippen molar-refractivity contribution in [3.63, 3.8) is 0 Å².